The minimum absolute atomic E-state index is 0.724. The van der Waals surface area contributed by atoms with Gasteiger partial charge in [0.25, 0.3) is 0 Å². The molecule has 2 aromatic rings. The molecule has 0 bridgehead atoms. The summed E-state index contributed by atoms with van der Waals surface area (Å²) >= 11 is 3.46. The Labute approximate surface area is 109 Å². The molecular weight excluding hydrogens is 280 g/mol. The first-order chi connectivity index (χ1) is 8.28. The lowest BCUT2D eigenvalue weighted by Gasteiger charge is -2.01. The van der Waals surface area contributed by atoms with Gasteiger partial charge < -0.3 is 5.32 Å². The molecule has 90 valence electrons. The van der Waals surface area contributed by atoms with Gasteiger partial charge in [0.2, 0.25) is 0 Å². The fourth-order valence-electron chi connectivity index (χ4n) is 1.55. The van der Waals surface area contributed by atoms with Gasteiger partial charge in [0, 0.05) is 4.47 Å². The molecule has 0 aliphatic rings. The van der Waals surface area contributed by atoms with Crippen LogP contribution in [0.25, 0.3) is 0 Å². The highest BCUT2D eigenvalue weighted by molar-refractivity contribution is 9.10. The number of benzene rings is 1. The molecule has 0 aliphatic carbocycles. The third kappa shape index (κ3) is 3.64. The van der Waals surface area contributed by atoms with E-state index in [0.717, 1.165) is 29.9 Å². The Morgan fingerprint density at radius 3 is 3.06 bits per heavy atom. The molecule has 4 nitrogen and oxygen atoms in total. The van der Waals surface area contributed by atoms with E-state index >= 15 is 0 Å². The first kappa shape index (κ1) is 12.3. The predicted molar refractivity (Wildman–Crippen MR) is 70.6 cm³/mol. The van der Waals surface area contributed by atoms with Gasteiger partial charge in [-0.1, -0.05) is 35.0 Å². The first-order valence-corrected chi connectivity index (χ1v) is 6.40. The number of rotatable bonds is 5. The fourth-order valence-corrected chi connectivity index (χ4v) is 2.00. The molecule has 0 amide bonds. The van der Waals surface area contributed by atoms with E-state index < -0.39 is 0 Å². The van der Waals surface area contributed by atoms with Crippen LogP contribution in [0.1, 0.15) is 18.3 Å². The van der Waals surface area contributed by atoms with Crippen molar-refractivity contribution < 1.29 is 0 Å². The molecule has 1 N–H and O–H groups in total. The number of aromatic nitrogens is 3. The first-order valence-electron chi connectivity index (χ1n) is 5.61. The topological polar surface area (TPSA) is 42.7 Å². The summed E-state index contributed by atoms with van der Waals surface area (Å²) in [4.78, 5) is 4.25. The molecule has 1 aromatic heterocycles. The summed E-state index contributed by atoms with van der Waals surface area (Å²) in [5.41, 5.74) is 1.21. The highest BCUT2D eigenvalue weighted by Crippen LogP contribution is 2.12. The summed E-state index contributed by atoms with van der Waals surface area (Å²) in [6.45, 7) is 4.47. The van der Waals surface area contributed by atoms with E-state index in [1.165, 1.54) is 5.56 Å². The van der Waals surface area contributed by atoms with Crippen LogP contribution in [-0.4, -0.2) is 21.3 Å². The third-order valence-electron chi connectivity index (χ3n) is 2.35. The second-order valence-electron chi connectivity index (χ2n) is 3.77. The average Bonchev–Trinajstić information content (AvgIpc) is 2.74. The lowest BCUT2D eigenvalue weighted by atomic mass is 10.2. The number of nitrogens with one attached hydrogen (secondary N) is 1. The predicted octanol–water partition coefficient (Wildman–Crippen LogP) is 2.20. The normalized spacial score (nSPS) is 10.7. The van der Waals surface area contributed by atoms with Crippen molar-refractivity contribution in [2.24, 2.45) is 0 Å². The Bertz CT molecular complexity index is 481. The Morgan fingerprint density at radius 1 is 1.41 bits per heavy atom. The van der Waals surface area contributed by atoms with Crippen molar-refractivity contribution in [1.29, 1.82) is 0 Å². The fraction of sp³-hybridized carbons (Fsp3) is 0.333. The van der Waals surface area contributed by atoms with Crippen LogP contribution in [0.3, 0.4) is 0 Å². The van der Waals surface area contributed by atoms with Crippen molar-refractivity contribution in [2.45, 2.75) is 20.0 Å². The van der Waals surface area contributed by atoms with Gasteiger partial charge >= 0.3 is 0 Å². The van der Waals surface area contributed by atoms with Gasteiger partial charge in [-0.05, 0) is 24.2 Å². The standard InChI is InChI=1S/C12H15BrN4/c1-2-14-7-12-15-9-17(16-12)8-10-4-3-5-11(13)6-10/h3-6,9,14H,2,7-8H2,1H3. The Hall–Kier alpha value is -1.20. The molecular formula is C12H15BrN4. The summed E-state index contributed by atoms with van der Waals surface area (Å²) < 4.78 is 2.94. The van der Waals surface area contributed by atoms with Gasteiger partial charge in [0.15, 0.2) is 5.82 Å². The zero-order valence-electron chi connectivity index (χ0n) is 9.73. The molecule has 17 heavy (non-hydrogen) atoms. The summed E-state index contributed by atoms with van der Waals surface area (Å²) in [7, 11) is 0. The summed E-state index contributed by atoms with van der Waals surface area (Å²) in [5.74, 6) is 0.835. The van der Waals surface area contributed by atoms with Crippen molar-refractivity contribution in [1.82, 2.24) is 20.1 Å². The monoisotopic (exact) mass is 294 g/mol. The summed E-state index contributed by atoms with van der Waals surface area (Å²) in [6.07, 6.45) is 1.77. The van der Waals surface area contributed by atoms with Crippen LogP contribution in [0, 0.1) is 0 Å². The molecule has 0 saturated carbocycles. The van der Waals surface area contributed by atoms with Crippen LogP contribution in [0.5, 0.6) is 0 Å². The van der Waals surface area contributed by atoms with Gasteiger partial charge in [-0.15, -0.1) is 0 Å². The molecule has 1 aromatic carbocycles. The van der Waals surface area contributed by atoms with Gasteiger partial charge in [-0.25, -0.2) is 9.67 Å². The highest BCUT2D eigenvalue weighted by atomic mass is 79.9. The van der Waals surface area contributed by atoms with E-state index in [9.17, 15) is 0 Å². The second kappa shape index (κ2) is 5.93. The van der Waals surface area contributed by atoms with Crippen LogP contribution >= 0.6 is 15.9 Å². The molecule has 5 heteroatoms. The lowest BCUT2D eigenvalue weighted by Crippen LogP contribution is -2.13. The molecule has 0 saturated heterocycles. The van der Waals surface area contributed by atoms with E-state index in [0.29, 0.717) is 0 Å². The van der Waals surface area contributed by atoms with Gasteiger partial charge in [0.05, 0.1) is 13.1 Å². The van der Waals surface area contributed by atoms with Crippen molar-refractivity contribution in [3.05, 3.63) is 46.5 Å². The maximum absolute atomic E-state index is 4.40. The maximum atomic E-state index is 4.40. The van der Waals surface area contributed by atoms with Crippen molar-refractivity contribution >= 4 is 15.9 Å². The Morgan fingerprint density at radius 2 is 2.29 bits per heavy atom. The zero-order valence-corrected chi connectivity index (χ0v) is 11.3. The van der Waals surface area contributed by atoms with Gasteiger partial charge in [-0.3, -0.25) is 0 Å². The minimum atomic E-state index is 0.724. The van der Waals surface area contributed by atoms with E-state index in [-0.39, 0.29) is 0 Å². The molecule has 0 aliphatic heterocycles. The van der Waals surface area contributed by atoms with Gasteiger partial charge in [-0.2, -0.15) is 5.10 Å². The third-order valence-corrected chi connectivity index (χ3v) is 2.84. The van der Waals surface area contributed by atoms with Crippen LogP contribution < -0.4 is 5.32 Å². The summed E-state index contributed by atoms with van der Waals surface area (Å²) in [5, 5.41) is 7.61. The van der Waals surface area contributed by atoms with Crippen molar-refractivity contribution in [3.8, 4) is 0 Å². The highest BCUT2D eigenvalue weighted by Gasteiger charge is 2.01. The second-order valence-corrected chi connectivity index (χ2v) is 4.68. The SMILES string of the molecule is CCNCc1ncn(Cc2cccc(Br)c2)n1. The van der Waals surface area contributed by atoms with Crippen LogP contribution in [0.15, 0.2) is 35.1 Å². The van der Waals surface area contributed by atoms with Gasteiger partial charge in [0.1, 0.15) is 6.33 Å². The Balaban J connectivity index is 2.01. The summed E-state index contributed by atoms with van der Waals surface area (Å²) in [6, 6.07) is 8.21. The maximum Gasteiger partial charge on any atom is 0.164 e. The molecule has 0 atom stereocenters. The van der Waals surface area contributed by atoms with E-state index in [4.69, 9.17) is 0 Å². The number of nitrogens with zero attached hydrogens (tertiary/aromatic N) is 3. The smallest absolute Gasteiger partial charge is 0.164 e. The van der Waals surface area contributed by atoms with Crippen molar-refractivity contribution in [2.75, 3.05) is 6.54 Å². The number of hydrogen-bond donors (Lipinski definition) is 1. The molecule has 0 unspecified atom stereocenters. The van der Waals surface area contributed by atoms with Crippen LogP contribution in [0.2, 0.25) is 0 Å². The largest absolute Gasteiger partial charge is 0.310 e. The zero-order chi connectivity index (χ0) is 12.1. The average molecular weight is 295 g/mol. The van der Waals surface area contributed by atoms with E-state index in [1.54, 1.807) is 6.33 Å². The minimum Gasteiger partial charge on any atom is -0.310 e. The molecule has 1 heterocycles. The van der Waals surface area contributed by atoms with E-state index in [1.807, 2.05) is 16.8 Å². The number of hydrogen-bond acceptors (Lipinski definition) is 3. The molecule has 0 radical (unpaired) electrons. The van der Waals surface area contributed by atoms with Crippen LogP contribution in [-0.2, 0) is 13.1 Å². The molecule has 0 fully saturated rings. The number of halogens is 1. The molecule has 0 spiro atoms. The van der Waals surface area contributed by atoms with Crippen molar-refractivity contribution in [3.63, 3.8) is 0 Å². The molecule has 2 rings (SSSR count). The van der Waals surface area contributed by atoms with Crippen LogP contribution in [0.4, 0.5) is 0 Å². The quantitative estimate of drug-likeness (QED) is 0.919. The lowest BCUT2D eigenvalue weighted by molar-refractivity contribution is 0.643. The Kier molecular flexibility index (Phi) is 4.28. The van der Waals surface area contributed by atoms with E-state index in [2.05, 4.69) is 50.4 Å².